The van der Waals surface area contributed by atoms with E-state index in [9.17, 15) is 19.2 Å². The van der Waals surface area contributed by atoms with Crippen molar-refractivity contribution in [1.29, 1.82) is 0 Å². The lowest BCUT2D eigenvalue weighted by atomic mass is 9.55. The van der Waals surface area contributed by atoms with E-state index in [0.717, 1.165) is 0 Å². The highest BCUT2D eigenvalue weighted by Gasteiger charge is 2.73. The van der Waals surface area contributed by atoms with E-state index in [0.29, 0.717) is 38.5 Å². The minimum absolute atomic E-state index is 0.0411. The maximum Gasteiger partial charge on any atom is 0.325 e. The minimum Gasteiger partial charge on any atom is -0.465 e. The molecule has 0 radical (unpaired) electrons. The second-order valence-corrected chi connectivity index (χ2v) is 7.56. The quantitative estimate of drug-likeness (QED) is 0.265. The Kier molecular flexibility index (Phi) is 10.8. The fourth-order valence-electron chi connectivity index (χ4n) is 3.75. The molecule has 8 nitrogen and oxygen atoms in total. The summed E-state index contributed by atoms with van der Waals surface area (Å²) in [6, 6.07) is 0. The second-order valence-electron chi connectivity index (χ2n) is 7.56. The van der Waals surface area contributed by atoms with Gasteiger partial charge in [-0.1, -0.05) is 40.5 Å². The van der Waals surface area contributed by atoms with Crippen LogP contribution in [0.3, 0.4) is 0 Å². The molecule has 0 aromatic carbocycles. The molecule has 0 N–H and O–H groups in total. The summed E-state index contributed by atoms with van der Waals surface area (Å²) < 4.78 is 21.4. The first-order valence-corrected chi connectivity index (χ1v) is 11.1. The Hall–Kier alpha value is -2.12. The SMILES string of the molecule is CCCOC(=O)C1(C(=O)OCCC)CCCCC1(C(=O)OCCC)C(=O)OCCC. The van der Waals surface area contributed by atoms with Crippen LogP contribution in [0, 0.1) is 10.8 Å². The number of carbonyl (C=O) groups is 4. The molecule has 1 aliphatic rings. The number of hydrogen-bond acceptors (Lipinski definition) is 8. The Labute approximate surface area is 178 Å². The first-order valence-electron chi connectivity index (χ1n) is 11.1. The monoisotopic (exact) mass is 428 g/mol. The van der Waals surface area contributed by atoms with Crippen molar-refractivity contribution < 1.29 is 38.1 Å². The van der Waals surface area contributed by atoms with Crippen molar-refractivity contribution in [3.63, 3.8) is 0 Å². The van der Waals surface area contributed by atoms with Crippen molar-refractivity contribution in [2.24, 2.45) is 10.8 Å². The molecule has 1 aliphatic carbocycles. The van der Waals surface area contributed by atoms with Crippen LogP contribution < -0.4 is 0 Å². The van der Waals surface area contributed by atoms with Crippen LogP contribution in [0.25, 0.3) is 0 Å². The smallest absolute Gasteiger partial charge is 0.325 e. The average molecular weight is 429 g/mol. The lowest BCUT2D eigenvalue weighted by Gasteiger charge is -2.45. The van der Waals surface area contributed by atoms with Crippen molar-refractivity contribution in [3.8, 4) is 0 Å². The first kappa shape index (κ1) is 25.9. The van der Waals surface area contributed by atoms with E-state index in [1.807, 2.05) is 27.7 Å². The van der Waals surface area contributed by atoms with Crippen LogP contribution in [0.5, 0.6) is 0 Å². The fraction of sp³-hybridized carbons (Fsp3) is 0.818. The molecule has 0 aliphatic heterocycles. The topological polar surface area (TPSA) is 105 Å². The van der Waals surface area contributed by atoms with Crippen molar-refractivity contribution >= 4 is 23.9 Å². The summed E-state index contributed by atoms with van der Waals surface area (Å²) in [5.41, 5.74) is -4.24. The van der Waals surface area contributed by atoms with Crippen molar-refractivity contribution in [2.75, 3.05) is 26.4 Å². The maximum atomic E-state index is 13.3. The van der Waals surface area contributed by atoms with Gasteiger partial charge in [0.05, 0.1) is 26.4 Å². The van der Waals surface area contributed by atoms with Crippen molar-refractivity contribution in [3.05, 3.63) is 0 Å². The van der Waals surface area contributed by atoms with Gasteiger partial charge in [-0.25, -0.2) is 0 Å². The number of esters is 4. The highest BCUT2D eigenvalue weighted by atomic mass is 16.6. The molecule has 0 heterocycles. The molecule has 0 aromatic rings. The highest BCUT2D eigenvalue weighted by molar-refractivity contribution is 6.14. The lowest BCUT2D eigenvalue weighted by molar-refractivity contribution is -0.209. The molecule has 0 atom stereocenters. The molecule has 0 spiro atoms. The third kappa shape index (κ3) is 5.13. The molecular weight excluding hydrogens is 392 g/mol. The average Bonchev–Trinajstić information content (AvgIpc) is 2.77. The molecule has 0 unspecified atom stereocenters. The van der Waals surface area contributed by atoms with E-state index in [1.54, 1.807) is 0 Å². The zero-order chi connectivity index (χ0) is 22.6. The molecule has 0 saturated heterocycles. The van der Waals surface area contributed by atoms with Crippen molar-refractivity contribution in [1.82, 2.24) is 0 Å². The summed E-state index contributed by atoms with van der Waals surface area (Å²) in [7, 11) is 0. The van der Waals surface area contributed by atoms with E-state index < -0.39 is 34.7 Å². The van der Waals surface area contributed by atoms with E-state index in [2.05, 4.69) is 0 Å². The highest BCUT2D eigenvalue weighted by Crippen LogP contribution is 2.54. The van der Waals surface area contributed by atoms with Gasteiger partial charge in [-0.2, -0.15) is 0 Å². The van der Waals surface area contributed by atoms with Crippen LogP contribution in [-0.4, -0.2) is 50.3 Å². The Morgan fingerprint density at radius 2 is 0.767 bits per heavy atom. The standard InChI is InChI=1S/C22H36O8/c1-5-13-27-17(23)21(18(24)28-14-6-2)11-9-10-12-22(21,19(25)29-15-7-3)20(26)30-16-8-4/h5-16H2,1-4H3. The van der Waals surface area contributed by atoms with Gasteiger partial charge in [0.25, 0.3) is 0 Å². The van der Waals surface area contributed by atoms with Gasteiger partial charge in [-0.15, -0.1) is 0 Å². The predicted octanol–water partition coefficient (Wildman–Crippen LogP) is 3.35. The normalized spacial score (nSPS) is 16.9. The Balaban J connectivity index is 3.63. The van der Waals surface area contributed by atoms with Crippen LogP contribution in [0.2, 0.25) is 0 Å². The second kappa shape index (κ2) is 12.5. The summed E-state index contributed by atoms with van der Waals surface area (Å²) in [5.74, 6) is -3.70. The van der Waals surface area contributed by atoms with Crippen LogP contribution >= 0.6 is 0 Å². The van der Waals surface area contributed by atoms with Crippen LogP contribution in [0.1, 0.15) is 79.1 Å². The third-order valence-electron chi connectivity index (χ3n) is 5.23. The van der Waals surface area contributed by atoms with Gasteiger partial charge in [0.2, 0.25) is 0 Å². The minimum atomic E-state index is -2.12. The van der Waals surface area contributed by atoms with E-state index in [-0.39, 0.29) is 39.3 Å². The van der Waals surface area contributed by atoms with Gasteiger partial charge in [0, 0.05) is 0 Å². The van der Waals surface area contributed by atoms with E-state index in [4.69, 9.17) is 18.9 Å². The molecule has 1 saturated carbocycles. The molecule has 1 rings (SSSR count). The molecule has 30 heavy (non-hydrogen) atoms. The molecule has 1 fully saturated rings. The number of hydrogen-bond donors (Lipinski definition) is 0. The Bertz CT molecular complexity index is 506. The zero-order valence-electron chi connectivity index (χ0n) is 18.8. The molecule has 172 valence electrons. The van der Waals surface area contributed by atoms with Crippen LogP contribution in [0.4, 0.5) is 0 Å². The van der Waals surface area contributed by atoms with Gasteiger partial charge in [0.1, 0.15) is 0 Å². The maximum absolute atomic E-state index is 13.3. The molecule has 8 heteroatoms. The summed E-state index contributed by atoms with van der Waals surface area (Å²) in [4.78, 5) is 53.3. The van der Waals surface area contributed by atoms with Crippen LogP contribution in [0.15, 0.2) is 0 Å². The number of carbonyl (C=O) groups excluding carboxylic acids is 4. The summed E-state index contributed by atoms with van der Waals surface area (Å²) >= 11 is 0. The summed E-state index contributed by atoms with van der Waals surface area (Å²) in [6.07, 6.45) is 2.96. The van der Waals surface area contributed by atoms with Crippen molar-refractivity contribution in [2.45, 2.75) is 79.1 Å². The predicted molar refractivity (Wildman–Crippen MR) is 108 cm³/mol. The van der Waals surface area contributed by atoms with Gasteiger partial charge in [-0.3, -0.25) is 19.2 Å². The van der Waals surface area contributed by atoms with E-state index in [1.165, 1.54) is 0 Å². The van der Waals surface area contributed by atoms with Gasteiger partial charge in [-0.05, 0) is 38.5 Å². The summed E-state index contributed by atoms with van der Waals surface area (Å²) in [6.45, 7) is 7.50. The van der Waals surface area contributed by atoms with Crippen LogP contribution in [-0.2, 0) is 38.1 Å². The molecule has 0 aromatic heterocycles. The fourth-order valence-corrected chi connectivity index (χ4v) is 3.75. The van der Waals surface area contributed by atoms with Gasteiger partial charge in [0.15, 0.2) is 10.8 Å². The van der Waals surface area contributed by atoms with Gasteiger partial charge >= 0.3 is 23.9 Å². The van der Waals surface area contributed by atoms with E-state index >= 15 is 0 Å². The molecule has 0 amide bonds. The Morgan fingerprint density at radius 3 is 0.967 bits per heavy atom. The number of ether oxygens (including phenoxy) is 4. The first-order chi connectivity index (χ1) is 14.4. The van der Waals surface area contributed by atoms with Gasteiger partial charge < -0.3 is 18.9 Å². The molecular formula is C22H36O8. The third-order valence-corrected chi connectivity index (χ3v) is 5.23. The lowest BCUT2D eigenvalue weighted by Crippen LogP contribution is -2.64. The number of rotatable bonds is 12. The Morgan fingerprint density at radius 1 is 0.533 bits per heavy atom. The zero-order valence-corrected chi connectivity index (χ0v) is 18.8. The molecule has 0 bridgehead atoms. The largest absolute Gasteiger partial charge is 0.465 e. The summed E-state index contributed by atoms with van der Waals surface area (Å²) in [5, 5.41) is 0.